The lowest BCUT2D eigenvalue weighted by Gasteiger charge is -2.04. The van der Waals surface area contributed by atoms with Gasteiger partial charge in [-0.25, -0.2) is 14.8 Å². The first-order chi connectivity index (χ1) is 11.4. The Hall–Kier alpha value is -2.68. The number of aromatic nitrogens is 3. The number of anilines is 2. The van der Waals surface area contributed by atoms with Gasteiger partial charge in [-0.2, -0.15) is 4.98 Å². The summed E-state index contributed by atoms with van der Waals surface area (Å²) in [6.07, 6.45) is 0.596. The minimum absolute atomic E-state index is 0.112. The second-order valence-corrected chi connectivity index (χ2v) is 6.28. The summed E-state index contributed by atoms with van der Waals surface area (Å²) >= 11 is 1.10. The van der Waals surface area contributed by atoms with Gasteiger partial charge in [-0.3, -0.25) is 0 Å². The summed E-state index contributed by atoms with van der Waals surface area (Å²) in [5, 5.41) is 1.02. The van der Waals surface area contributed by atoms with E-state index in [1.807, 2.05) is 20.8 Å². The van der Waals surface area contributed by atoms with Gasteiger partial charge in [-0.1, -0.05) is 18.3 Å². The third-order valence-corrected chi connectivity index (χ3v) is 4.58. The Morgan fingerprint density at radius 1 is 1.25 bits per heavy atom. The Labute approximate surface area is 141 Å². The molecule has 0 aliphatic carbocycles. The van der Waals surface area contributed by atoms with Crippen LogP contribution in [0.5, 0.6) is 0 Å². The molecule has 0 saturated carbocycles. The van der Waals surface area contributed by atoms with Crippen molar-refractivity contribution in [3.63, 3.8) is 0 Å². The zero-order valence-electron chi connectivity index (χ0n) is 13.5. The molecular weight excluding hydrogens is 330 g/mol. The first kappa shape index (κ1) is 16.2. The van der Waals surface area contributed by atoms with Crippen LogP contribution in [0.4, 0.5) is 10.9 Å². The van der Waals surface area contributed by atoms with Gasteiger partial charge in [0, 0.05) is 5.56 Å². The highest BCUT2D eigenvalue weighted by Crippen LogP contribution is 2.27. The predicted octanol–water partition coefficient (Wildman–Crippen LogP) is 2.38. The number of hydrogen-bond acceptors (Lipinski definition) is 9. The monoisotopic (exact) mass is 347 g/mol. The number of aryl methyl sites for hydroxylation is 3. The molecule has 3 aromatic heterocycles. The molecule has 4 N–H and O–H groups in total. The number of hydrogen-bond donors (Lipinski definition) is 2. The van der Waals surface area contributed by atoms with Crippen molar-refractivity contribution in [2.75, 3.05) is 11.5 Å². The van der Waals surface area contributed by atoms with Crippen LogP contribution < -0.4 is 11.5 Å². The second-order valence-electron chi connectivity index (χ2n) is 5.25. The van der Waals surface area contributed by atoms with Crippen molar-refractivity contribution in [1.82, 2.24) is 15.0 Å². The van der Waals surface area contributed by atoms with Crippen LogP contribution in [0.15, 0.2) is 4.42 Å². The summed E-state index contributed by atoms with van der Waals surface area (Å²) in [5.41, 5.74) is 13.5. The first-order valence-corrected chi connectivity index (χ1v) is 8.16. The van der Waals surface area contributed by atoms with Gasteiger partial charge in [0.05, 0.1) is 11.1 Å². The van der Waals surface area contributed by atoms with E-state index in [4.69, 9.17) is 20.6 Å². The molecule has 0 unspecified atom stereocenters. The number of rotatable bonds is 4. The number of carbonyl (C=O) groups is 1. The highest BCUT2D eigenvalue weighted by Gasteiger charge is 2.19. The van der Waals surface area contributed by atoms with Crippen molar-refractivity contribution in [1.29, 1.82) is 0 Å². The fraction of sp³-hybridized carbons (Fsp3) is 0.333. The number of ether oxygens (including phenoxy) is 1. The quantitative estimate of drug-likeness (QED) is 0.688. The molecule has 0 saturated heterocycles. The van der Waals surface area contributed by atoms with E-state index >= 15 is 0 Å². The van der Waals surface area contributed by atoms with Gasteiger partial charge in [-0.15, -0.1) is 0 Å². The van der Waals surface area contributed by atoms with E-state index in [-0.39, 0.29) is 12.4 Å². The largest absolute Gasteiger partial charge is 0.453 e. The lowest BCUT2D eigenvalue weighted by Crippen LogP contribution is -2.09. The molecule has 0 aliphatic heterocycles. The maximum Gasteiger partial charge on any atom is 0.350 e. The van der Waals surface area contributed by atoms with E-state index < -0.39 is 5.97 Å². The van der Waals surface area contributed by atoms with E-state index in [1.165, 1.54) is 0 Å². The van der Waals surface area contributed by atoms with Crippen LogP contribution in [0.1, 0.15) is 39.4 Å². The van der Waals surface area contributed by atoms with Crippen LogP contribution in [0.3, 0.4) is 0 Å². The molecule has 8 nitrogen and oxygen atoms in total. The average Bonchev–Trinajstić information content (AvgIpc) is 3.05. The van der Waals surface area contributed by atoms with Crippen LogP contribution in [-0.2, 0) is 17.8 Å². The summed E-state index contributed by atoms with van der Waals surface area (Å²) in [7, 11) is 0. The highest BCUT2D eigenvalue weighted by atomic mass is 32.1. The van der Waals surface area contributed by atoms with Crippen LogP contribution >= 0.6 is 11.3 Å². The third kappa shape index (κ3) is 2.78. The van der Waals surface area contributed by atoms with E-state index in [1.54, 1.807) is 0 Å². The molecule has 0 radical (unpaired) electrons. The van der Waals surface area contributed by atoms with Gasteiger partial charge in [0.25, 0.3) is 0 Å². The minimum atomic E-state index is -0.505. The average molecular weight is 347 g/mol. The van der Waals surface area contributed by atoms with Gasteiger partial charge < -0.3 is 20.6 Å². The number of furan rings is 1. The van der Waals surface area contributed by atoms with Crippen molar-refractivity contribution in [3.8, 4) is 0 Å². The van der Waals surface area contributed by atoms with Gasteiger partial charge in [-0.05, 0) is 20.3 Å². The van der Waals surface area contributed by atoms with E-state index in [0.29, 0.717) is 39.0 Å². The smallest absolute Gasteiger partial charge is 0.350 e. The molecule has 24 heavy (non-hydrogen) atoms. The maximum atomic E-state index is 12.2. The van der Waals surface area contributed by atoms with Crippen molar-refractivity contribution in [3.05, 3.63) is 27.7 Å². The number of carbonyl (C=O) groups excluding carboxylic acids is 1. The molecule has 0 aromatic carbocycles. The number of thiazole rings is 1. The second kappa shape index (κ2) is 6.08. The molecule has 3 rings (SSSR count). The Morgan fingerprint density at radius 2 is 2.00 bits per heavy atom. The number of esters is 1. The number of nitrogen functional groups attached to an aromatic ring is 2. The summed E-state index contributed by atoms with van der Waals surface area (Å²) < 4.78 is 10.8. The molecule has 126 valence electrons. The lowest BCUT2D eigenvalue weighted by molar-refractivity contribution is 0.0466. The molecule has 0 spiro atoms. The first-order valence-electron chi connectivity index (χ1n) is 7.35. The Bertz CT molecular complexity index is 931. The lowest BCUT2D eigenvalue weighted by atomic mass is 10.2. The van der Waals surface area contributed by atoms with Crippen molar-refractivity contribution in [2.45, 2.75) is 33.8 Å². The Kier molecular flexibility index (Phi) is 4.10. The maximum absolute atomic E-state index is 12.2. The van der Waals surface area contributed by atoms with Gasteiger partial charge in [0.15, 0.2) is 17.6 Å². The number of nitrogens with zero attached hydrogens (tertiary/aromatic N) is 3. The minimum Gasteiger partial charge on any atom is -0.453 e. The Morgan fingerprint density at radius 3 is 2.71 bits per heavy atom. The van der Waals surface area contributed by atoms with E-state index in [2.05, 4.69) is 15.0 Å². The van der Waals surface area contributed by atoms with Crippen molar-refractivity contribution in [2.24, 2.45) is 0 Å². The summed E-state index contributed by atoms with van der Waals surface area (Å²) in [6.45, 7) is 5.50. The number of nitrogens with two attached hydrogens (primary N) is 2. The molecule has 0 amide bonds. The van der Waals surface area contributed by atoms with Crippen molar-refractivity contribution >= 4 is 39.4 Å². The van der Waals surface area contributed by atoms with Crippen LogP contribution in [0.2, 0.25) is 0 Å². The molecule has 0 aliphatic rings. The molecule has 0 bridgehead atoms. The van der Waals surface area contributed by atoms with Crippen LogP contribution in [-0.4, -0.2) is 20.9 Å². The van der Waals surface area contributed by atoms with Gasteiger partial charge >= 0.3 is 5.97 Å². The Balaban J connectivity index is 1.81. The highest BCUT2D eigenvalue weighted by molar-refractivity contribution is 7.17. The normalized spacial score (nSPS) is 11.1. The molecular formula is C15H17N5O3S. The summed E-state index contributed by atoms with van der Waals surface area (Å²) in [5.74, 6) is 0.803. The topological polar surface area (TPSA) is 130 Å². The van der Waals surface area contributed by atoms with Crippen LogP contribution in [0, 0.1) is 13.8 Å². The van der Waals surface area contributed by atoms with Gasteiger partial charge in [0.2, 0.25) is 5.71 Å². The number of fused-ring (bicyclic) bond motifs is 1. The molecule has 0 fully saturated rings. The fourth-order valence-electron chi connectivity index (χ4n) is 2.36. The zero-order chi connectivity index (χ0) is 17.4. The van der Waals surface area contributed by atoms with E-state index in [9.17, 15) is 4.79 Å². The SMILES string of the molecule is CCc1nc(N)sc1C(=O)OCc1nc(N)c2c(C)c(C)oc2n1. The molecule has 3 heterocycles. The molecule has 3 aromatic rings. The van der Waals surface area contributed by atoms with Gasteiger partial charge in [0.1, 0.15) is 16.5 Å². The van der Waals surface area contributed by atoms with E-state index in [0.717, 1.165) is 22.7 Å². The summed E-state index contributed by atoms with van der Waals surface area (Å²) in [6, 6.07) is 0. The molecule has 0 atom stereocenters. The van der Waals surface area contributed by atoms with Crippen molar-refractivity contribution < 1.29 is 13.9 Å². The predicted molar refractivity (Wildman–Crippen MR) is 90.7 cm³/mol. The zero-order valence-corrected chi connectivity index (χ0v) is 14.4. The third-order valence-electron chi connectivity index (χ3n) is 3.67. The summed E-state index contributed by atoms with van der Waals surface area (Å²) in [4.78, 5) is 25.1. The molecule has 9 heteroatoms. The standard InChI is InChI=1S/C15H17N5O3S/c1-4-8-11(24-15(17)18-8)14(21)22-5-9-19-12(16)10-6(2)7(3)23-13(10)20-9/h4-5H2,1-3H3,(H2,17,18)(H2,16,19,20). The van der Waals surface area contributed by atoms with Crippen LogP contribution in [0.25, 0.3) is 11.1 Å². The fourth-order valence-corrected chi connectivity index (χ4v) is 3.17.